The summed E-state index contributed by atoms with van der Waals surface area (Å²) < 4.78 is 5.12. The van der Waals surface area contributed by atoms with Crippen molar-refractivity contribution in [2.45, 2.75) is 27.2 Å². The fourth-order valence-corrected chi connectivity index (χ4v) is 3.01. The second-order valence-electron chi connectivity index (χ2n) is 5.77. The van der Waals surface area contributed by atoms with Crippen LogP contribution in [0.4, 0.5) is 5.69 Å². The van der Waals surface area contributed by atoms with Gasteiger partial charge in [0.25, 0.3) is 5.91 Å². The summed E-state index contributed by atoms with van der Waals surface area (Å²) in [6.07, 6.45) is 0.745. The molecule has 7 heteroatoms. The molecule has 6 nitrogen and oxygen atoms in total. The molecule has 0 aliphatic carbocycles. The van der Waals surface area contributed by atoms with Gasteiger partial charge in [-0.2, -0.15) is 0 Å². The number of aromatic nitrogens is 1. The molecule has 0 aliphatic rings. The molecule has 1 aromatic carbocycles. The average molecular weight is 348 g/mol. The molecule has 0 saturated carbocycles. The van der Waals surface area contributed by atoms with Gasteiger partial charge in [-0.15, -0.1) is 11.3 Å². The molecule has 0 atom stereocenters. The second-order valence-corrected chi connectivity index (χ2v) is 6.97. The Labute approximate surface area is 144 Å². The third-order valence-corrected chi connectivity index (χ3v) is 4.08. The number of amides is 1. The van der Waals surface area contributed by atoms with Crippen LogP contribution in [0.5, 0.6) is 5.75 Å². The molecule has 0 unspecified atom stereocenters. The Morgan fingerprint density at radius 1 is 1.38 bits per heavy atom. The summed E-state index contributed by atoms with van der Waals surface area (Å²) in [6.45, 7) is 5.62. The number of nitrogens with one attached hydrogen (secondary N) is 1. The third kappa shape index (κ3) is 5.06. The smallest absolute Gasteiger partial charge is 0.341 e. The van der Waals surface area contributed by atoms with Crippen LogP contribution < -0.4 is 10.1 Å². The van der Waals surface area contributed by atoms with Crippen LogP contribution >= 0.6 is 11.3 Å². The first kappa shape index (κ1) is 17.9. The lowest BCUT2D eigenvalue weighted by atomic mass is 10.1. The minimum absolute atomic E-state index is 0.216. The number of carboxylic acid groups (broad SMARTS) is 1. The van der Waals surface area contributed by atoms with E-state index in [1.54, 1.807) is 24.3 Å². The first-order chi connectivity index (χ1) is 11.3. The number of benzene rings is 1. The highest BCUT2D eigenvalue weighted by Crippen LogP contribution is 2.23. The highest BCUT2D eigenvalue weighted by molar-refractivity contribution is 7.13. The van der Waals surface area contributed by atoms with Crippen LogP contribution in [0.25, 0.3) is 0 Å². The molecule has 2 aromatic rings. The fraction of sp³-hybridized carbons (Fsp3) is 0.353. The SMILES string of the molecule is Cc1nc(CC(C)C)c(C(=O)Nc2cccc(OCC(=O)O)c2)s1. The van der Waals surface area contributed by atoms with E-state index in [-0.39, 0.29) is 5.91 Å². The zero-order valence-corrected chi connectivity index (χ0v) is 14.6. The molecule has 0 spiro atoms. The lowest BCUT2D eigenvalue weighted by Crippen LogP contribution is -2.14. The zero-order chi connectivity index (χ0) is 17.7. The standard InChI is InChI=1S/C17H20N2O4S/c1-10(2)7-14-16(24-11(3)18-14)17(22)19-12-5-4-6-13(8-12)23-9-15(20)21/h4-6,8,10H,7,9H2,1-3H3,(H,19,22)(H,20,21). The third-order valence-electron chi connectivity index (χ3n) is 3.07. The summed E-state index contributed by atoms with van der Waals surface area (Å²) in [5.41, 5.74) is 1.35. The van der Waals surface area contributed by atoms with Crippen molar-refractivity contribution in [3.8, 4) is 5.75 Å². The van der Waals surface area contributed by atoms with Crippen LogP contribution in [-0.2, 0) is 11.2 Å². The number of carboxylic acids is 1. The lowest BCUT2D eigenvalue weighted by molar-refractivity contribution is -0.139. The van der Waals surface area contributed by atoms with E-state index in [4.69, 9.17) is 9.84 Å². The number of carbonyl (C=O) groups excluding carboxylic acids is 1. The average Bonchev–Trinajstić information content (AvgIpc) is 2.85. The molecule has 0 aliphatic heterocycles. The van der Waals surface area contributed by atoms with Gasteiger partial charge >= 0.3 is 5.97 Å². The van der Waals surface area contributed by atoms with Gasteiger partial charge in [-0.05, 0) is 31.4 Å². The van der Waals surface area contributed by atoms with E-state index in [1.807, 2.05) is 6.92 Å². The molecule has 0 radical (unpaired) electrons. The van der Waals surface area contributed by atoms with Crippen LogP contribution in [0.1, 0.15) is 34.2 Å². The normalized spacial score (nSPS) is 10.7. The van der Waals surface area contributed by atoms with Crippen LogP contribution in [0.2, 0.25) is 0 Å². The van der Waals surface area contributed by atoms with Gasteiger partial charge in [-0.1, -0.05) is 19.9 Å². The molecular formula is C17H20N2O4S. The number of rotatable bonds is 7. The first-order valence-electron chi connectivity index (χ1n) is 7.57. The number of ether oxygens (including phenoxy) is 1. The molecule has 1 amide bonds. The monoisotopic (exact) mass is 348 g/mol. The van der Waals surface area contributed by atoms with Crippen LogP contribution in [-0.4, -0.2) is 28.6 Å². The van der Waals surface area contributed by atoms with Crippen molar-refractivity contribution in [3.63, 3.8) is 0 Å². The van der Waals surface area contributed by atoms with E-state index in [0.29, 0.717) is 22.2 Å². The fourth-order valence-electron chi connectivity index (χ4n) is 2.17. The number of nitrogens with zero attached hydrogens (tertiary/aromatic N) is 1. The number of carbonyl (C=O) groups is 2. The number of aryl methyl sites for hydroxylation is 1. The summed E-state index contributed by atoms with van der Waals surface area (Å²) in [7, 11) is 0. The molecule has 2 N–H and O–H groups in total. The summed E-state index contributed by atoms with van der Waals surface area (Å²) in [6, 6.07) is 6.65. The number of aliphatic carboxylic acids is 1. The molecule has 128 valence electrons. The molecule has 0 fully saturated rings. The van der Waals surface area contributed by atoms with Crippen LogP contribution in [0.15, 0.2) is 24.3 Å². The Kier molecular flexibility index (Phi) is 5.92. The van der Waals surface area contributed by atoms with E-state index in [9.17, 15) is 9.59 Å². The molecule has 1 heterocycles. The summed E-state index contributed by atoms with van der Waals surface area (Å²) in [4.78, 5) is 28.1. The highest BCUT2D eigenvalue weighted by Gasteiger charge is 2.18. The van der Waals surface area contributed by atoms with Crippen LogP contribution in [0.3, 0.4) is 0 Å². The van der Waals surface area contributed by atoms with Crippen molar-refractivity contribution >= 4 is 28.9 Å². The van der Waals surface area contributed by atoms with E-state index < -0.39 is 12.6 Å². The van der Waals surface area contributed by atoms with E-state index in [0.717, 1.165) is 17.1 Å². The van der Waals surface area contributed by atoms with Gasteiger partial charge in [0.05, 0.1) is 10.7 Å². The van der Waals surface area contributed by atoms with Gasteiger partial charge in [0.1, 0.15) is 10.6 Å². The zero-order valence-electron chi connectivity index (χ0n) is 13.8. The maximum Gasteiger partial charge on any atom is 0.341 e. The minimum Gasteiger partial charge on any atom is -0.482 e. The van der Waals surface area contributed by atoms with Gasteiger partial charge in [-0.3, -0.25) is 4.79 Å². The van der Waals surface area contributed by atoms with Gasteiger partial charge in [0, 0.05) is 11.8 Å². The Hall–Kier alpha value is -2.41. The van der Waals surface area contributed by atoms with E-state index in [1.165, 1.54) is 11.3 Å². The van der Waals surface area contributed by atoms with Gasteiger partial charge < -0.3 is 15.2 Å². The summed E-state index contributed by atoms with van der Waals surface area (Å²) in [5.74, 6) is -0.474. The van der Waals surface area contributed by atoms with Crippen molar-refractivity contribution in [1.29, 1.82) is 0 Å². The van der Waals surface area contributed by atoms with Crippen molar-refractivity contribution in [1.82, 2.24) is 4.98 Å². The lowest BCUT2D eigenvalue weighted by Gasteiger charge is -2.08. The van der Waals surface area contributed by atoms with Gasteiger partial charge in [-0.25, -0.2) is 9.78 Å². The molecule has 0 saturated heterocycles. The van der Waals surface area contributed by atoms with Crippen molar-refractivity contribution < 1.29 is 19.4 Å². The number of hydrogen-bond acceptors (Lipinski definition) is 5. The number of hydrogen-bond donors (Lipinski definition) is 2. The van der Waals surface area contributed by atoms with Crippen LogP contribution in [0, 0.1) is 12.8 Å². The molecule has 2 rings (SSSR count). The quantitative estimate of drug-likeness (QED) is 0.801. The molecule has 0 bridgehead atoms. The Morgan fingerprint density at radius 2 is 2.12 bits per heavy atom. The van der Waals surface area contributed by atoms with Gasteiger partial charge in [0.15, 0.2) is 6.61 Å². The number of thiazole rings is 1. The van der Waals surface area contributed by atoms with Crippen molar-refractivity contribution in [3.05, 3.63) is 39.8 Å². The maximum absolute atomic E-state index is 12.5. The Morgan fingerprint density at radius 3 is 2.79 bits per heavy atom. The van der Waals surface area contributed by atoms with Crippen molar-refractivity contribution in [2.24, 2.45) is 5.92 Å². The minimum atomic E-state index is -1.05. The van der Waals surface area contributed by atoms with E-state index >= 15 is 0 Å². The second kappa shape index (κ2) is 7.92. The topological polar surface area (TPSA) is 88.5 Å². The number of anilines is 1. The summed E-state index contributed by atoms with van der Waals surface area (Å²) in [5, 5.41) is 12.3. The molecular weight excluding hydrogens is 328 g/mol. The molecule has 24 heavy (non-hydrogen) atoms. The van der Waals surface area contributed by atoms with E-state index in [2.05, 4.69) is 24.1 Å². The predicted molar refractivity (Wildman–Crippen MR) is 92.9 cm³/mol. The first-order valence-corrected chi connectivity index (χ1v) is 8.39. The van der Waals surface area contributed by atoms with Gasteiger partial charge in [0.2, 0.25) is 0 Å². The Balaban J connectivity index is 2.12. The summed E-state index contributed by atoms with van der Waals surface area (Å²) >= 11 is 1.37. The predicted octanol–water partition coefficient (Wildman–Crippen LogP) is 3.37. The Bertz CT molecular complexity index is 740. The van der Waals surface area contributed by atoms with Crippen molar-refractivity contribution in [2.75, 3.05) is 11.9 Å². The highest BCUT2D eigenvalue weighted by atomic mass is 32.1. The largest absolute Gasteiger partial charge is 0.482 e. The maximum atomic E-state index is 12.5. The molecule has 1 aromatic heterocycles.